The number of hydrogen-bond donors (Lipinski definition) is 3. The van der Waals surface area contributed by atoms with Gasteiger partial charge in [0.25, 0.3) is 6.43 Å². The highest BCUT2D eigenvalue weighted by atomic mass is 19.3. The van der Waals surface area contributed by atoms with Crippen LogP contribution in [-0.2, 0) is 13.6 Å². The van der Waals surface area contributed by atoms with Crippen molar-refractivity contribution in [2.75, 3.05) is 5.32 Å². The quantitative estimate of drug-likeness (QED) is 0.690. The standard InChI is InChI=1S/C14H14F2N6O/c1-22-7-8(6-18-22)5-17-14(23)19-9-2-3-10-11(4-9)21-13(20-10)12(15)16/h2-4,6-7,12H,5H2,1H3,(H,20,21)(H2,17,19,23). The Morgan fingerprint density at radius 2 is 2.26 bits per heavy atom. The van der Waals surface area contributed by atoms with E-state index in [0.29, 0.717) is 23.3 Å². The van der Waals surface area contributed by atoms with Gasteiger partial charge in [0.15, 0.2) is 5.82 Å². The summed E-state index contributed by atoms with van der Waals surface area (Å²) in [6.45, 7) is 0.335. The number of benzene rings is 1. The van der Waals surface area contributed by atoms with Crippen LogP contribution in [0.25, 0.3) is 11.0 Å². The van der Waals surface area contributed by atoms with Gasteiger partial charge in [-0.2, -0.15) is 5.10 Å². The number of alkyl halides is 2. The van der Waals surface area contributed by atoms with Gasteiger partial charge in [0.05, 0.1) is 17.2 Å². The van der Waals surface area contributed by atoms with Gasteiger partial charge in [-0.1, -0.05) is 0 Å². The Morgan fingerprint density at radius 3 is 2.96 bits per heavy atom. The van der Waals surface area contributed by atoms with Gasteiger partial charge in [0.1, 0.15) is 0 Å². The number of aromatic amines is 1. The number of aryl methyl sites for hydroxylation is 1. The molecule has 3 aromatic rings. The molecule has 0 fully saturated rings. The number of imidazole rings is 1. The molecule has 0 spiro atoms. The summed E-state index contributed by atoms with van der Waals surface area (Å²) >= 11 is 0. The molecule has 2 aromatic heterocycles. The summed E-state index contributed by atoms with van der Waals surface area (Å²) in [6, 6.07) is 4.32. The SMILES string of the molecule is Cn1cc(CNC(=O)Nc2ccc3nc(C(F)F)[nH]c3c2)cn1. The number of urea groups is 1. The van der Waals surface area contributed by atoms with Crippen molar-refractivity contribution >= 4 is 22.8 Å². The van der Waals surface area contributed by atoms with Gasteiger partial charge in [-0.3, -0.25) is 4.68 Å². The lowest BCUT2D eigenvalue weighted by molar-refractivity contribution is 0.142. The maximum Gasteiger partial charge on any atom is 0.319 e. The van der Waals surface area contributed by atoms with E-state index in [1.165, 1.54) is 0 Å². The molecule has 0 bridgehead atoms. The van der Waals surface area contributed by atoms with Crippen LogP contribution in [0.5, 0.6) is 0 Å². The fourth-order valence-corrected chi connectivity index (χ4v) is 2.13. The number of carbonyl (C=O) groups excluding carboxylic acids is 1. The summed E-state index contributed by atoms with van der Waals surface area (Å²) in [6.07, 6.45) is 0.785. The van der Waals surface area contributed by atoms with Crippen molar-refractivity contribution in [3.05, 3.63) is 42.0 Å². The van der Waals surface area contributed by atoms with Gasteiger partial charge < -0.3 is 15.6 Å². The molecule has 9 heteroatoms. The Kier molecular flexibility index (Phi) is 3.92. The van der Waals surface area contributed by atoms with Gasteiger partial charge in [-0.25, -0.2) is 18.6 Å². The zero-order valence-electron chi connectivity index (χ0n) is 12.2. The van der Waals surface area contributed by atoms with E-state index in [1.54, 1.807) is 42.3 Å². The Bertz CT molecular complexity index is 841. The number of rotatable bonds is 4. The van der Waals surface area contributed by atoms with Crippen LogP contribution in [0.3, 0.4) is 0 Å². The minimum atomic E-state index is -2.67. The van der Waals surface area contributed by atoms with Gasteiger partial charge in [0, 0.05) is 31.0 Å². The number of halogens is 2. The van der Waals surface area contributed by atoms with Crippen molar-refractivity contribution < 1.29 is 13.6 Å². The summed E-state index contributed by atoms with van der Waals surface area (Å²) in [4.78, 5) is 18.1. The molecule has 0 atom stereocenters. The molecule has 0 aliphatic heterocycles. The second-order valence-corrected chi connectivity index (χ2v) is 4.98. The maximum atomic E-state index is 12.6. The van der Waals surface area contributed by atoms with Crippen molar-refractivity contribution in [1.82, 2.24) is 25.1 Å². The van der Waals surface area contributed by atoms with E-state index in [1.807, 2.05) is 0 Å². The van der Waals surface area contributed by atoms with Gasteiger partial charge in [0.2, 0.25) is 0 Å². The number of amides is 2. The molecule has 0 unspecified atom stereocenters. The van der Waals surface area contributed by atoms with Gasteiger partial charge in [-0.15, -0.1) is 0 Å². The molecule has 120 valence electrons. The van der Waals surface area contributed by atoms with Crippen LogP contribution in [0, 0.1) is 0 Å². The molecule has 2 heterocycles. The topological polar surface area (TPSA) is 87.6 Å². The number of carbonyl (C=O) groups is 1. The second kappa shape index (κ2) is 6.03. The Balaban J connectivity index is 1.64. The predicted octanol–water partition coefficient (Wildman–Crippen LogP) is 2.56. The summed E-state index contributed by atoms with van der Waals surface area (Å²) in [5, 5.41) is 9.32. The molecular weight excluding hydrogens is 306 g/mol. The third-order valence-corrected chi connectivity index (χ3v) is 3.18. The number of anilines is 1. The Hall–Kier alpha value is -2.97. The Morgan fingerprint density at radius 1 is 1.43 bits per heavy atom. The normalized spacial score (nSPS) is 11.1. The molecule has 0 radical (unpaired) electrons. The molecule has 7 nitrogen and oxygen atoms in total. The average molecular weight is 320 g/mol. The first-order valence-electron chi connectivity index (χ1n) is 6.81. The smallest absolute Gasteiger partial charge is 0.319 e. The summed E-state index contributed by atoms with van der Waals surface area (Å²) in [5.41, 5.74) is 2.20. The van der Waals surface area contributed by atoms with Crippen LogP contribution in [-0.4, -0.2) is 25.8 Å². The number of nitrogens with one attached hydrogen (secondary N) is 3. The third-order valence-electron chi connectivity index (χ3n) is 3.18. The first kappa shape index (κ1) is 14.9. The molecule has 0 aliphatic rings. The van der Waals surface area contributed by atoms with E-state index in [0.717, 1.165) is 5.56 Å². The molecule has 2 amide bonds. The number of nitrogens with zero attached hydrogens (tertiary/aromatic N) is 3. The van der Waals surface area contributed by atoms with Crippen molar-refractivity contribution in [3.63, 3.8) is 0 Å². The van der Waals surface area contributed by atoms with Crippen LogP contribution < -0.4 is 10.6 Å². The van der Waals surface area contributed by atoms with E-state index < -0.39 is 18.3 Å². The minimum absolute atomic E-state index is 0.335. The van der Waals surface area contributed by atoms with Crippen molar-refractivity contribution in [1.29, 1.82) is 0 Å². The van der Waals surface area contributed by atoms with Crippen LogP contribution >= 0.6 is 0 Å². The highest BCUT2D eigenvalue weighted by Gasteiger charge is 2.13. The summed E-state index contributed by atoms with van der Waals surface area (Å²) in [7, 11) is 1.79. The molecule has 0 aliphatic carbocycles. The monoisotopic (exact) mass is 320 g/mol. The highest BCUT2D eigenvalue weighted by molar-refractivity contribution is 5.91. The highest BCUT2D eigenvalue weighted by Crippen LogP contribution is 2.22. The van der Waals surface area contributed by atoms with E-state index in [4.69, 9.17) is 0 Å². The molecule has 1 aromatic carbocycles. The molecule has 0 saturated heterocycles. The third kappa shape index (κ3) is 3.44. The maximum absolute atomic E-state index is 12.6. The van der Waals surface area contributed by atoms with Crippen LogP contribution in [0.2, 0.25) is 0 Å². The first-order chi connectivity index (χ1) is 11.0. The van der Waals surface area contributed by atoms with Gasteiger partial charge >= 0.3 is 6.03 Å². The van der Waals surface area contributed by atoms with E-state index in [-0.39, 0.29) is 0 Å². The zero-order valence-corrected chi connectivity index (χ0v) is 12.2. The fourth-order valence-electron chi connectivity index (χ4n) is 2.13. The average Bonchev–Trinajstić information content (AvgIpc) is 3.10. The molecule has 3 N–H and O–H groups in total. The molecule has 23 heavy (non-hydrogen) atoms. The van der Waals surface area contributed by atoms with Crippen molar-refractivity contribution in [3.8, 4) is 0 Å². The lowest BCUT2D eigenvalue weighted by atomic mass is 10.3. The number of fused-ring (bicyclic) bond motifs is 1. The molecular formula is C14H14F2N6O. The first-order valence-corrected chi connectivity index (χ1v) is 6.81. The van der Waals surface area contributed by atoms with Crippen LogP contribution in [0.1, 0.15) is 17.8 Å². The van der Waals surface area contributed by atoms with E-state index >= 15 is 0 Å². The number of H-pyrrole nitrogens is 1. The van der Waals surface area contributed by atoms with Crippen LogP contribution in [0.15, 0.2) is 30.6 Å². The predicted molar refractivity (Wildman–Crippen MR) is 80.1 cm³/mol. The van der Waals surface area contributed by atoms with E-state index in [9.17, 15) is 13.6 Å². The zero-order chi connectivity index (χ0) is 16.4. The summed E-state index contributed by atoms with van der Waals surface area (Å²) < 4.78 is 26.8. The lowest BCUT2D eigenvalue weighted by Gasteiger charge is -2.06. The summed E-state index contributed by atoms with van der Waals surface area (Å²) in [5.74, 6) is -0.391. The lowest BCUT2D eigenvalue weighted by Crippen LogP contribution is -2.28. The van der Waals surface area contributed by atoms with Crippen molar-refractivity contribution in [2.24, 2.45) is 7.05 Å². The Labute approximate surface area is 129 Å². The van der Waals surface area contributed by atoms with E-state index in [2.05, 4.69) is 25.7 Å². The largest absolute Gasteiger partial charge is 0.337 e. The van der Waals surface area contributed by atoms with Crippen LogP contribution in [0.4, 0.5) is 19.3 Å². The second-order valence-electron chi connectivity index (χ2n) is 4.98. The number of aromatic nitrogens is 4. The number of hydrogen-bond acceptors (Lipinski definition) is 3. The molecule has 0 saturated carbocycles. The molecule has 3 rings (SSSR count). The van der Waals surface area contributed by atoms with Crippen molar-refractivity contribution in [2.45, 2.75) is 13.0 Å². The van der Waals surface area contributed by atoms with Gasteiger partial charge in [-0.05, 0) is 18.2 Å². The fraction of sp³-hybridized carbons (Fsp3) is 0.214. The minimum Gasteiger partial charge on any atom is -0.337 e.